The fraction of sp³-hybridized carbons (Fsp3) is 0.569. The highest BCUT2D eigenvalue weighted by molar-refractivity contribution is 7.91. The van der Waals surface area contributed by atoms with Gasteiger partial charge in [0.1, 0.15) is 11.5 Å². The highest BCUT2D eigenvalue weighted by Crippen LogP contribution is 2.50. The molecule has 0 saturated carbocycles. The number of methoxy groups -OCH3 is 2. The third kappa shape index (κ3) is 10.5. The Kier molecular flexibility index (Phi) is 14.8. The van der Waals surface area contributed by atoms with Crippen molar-refractivity contribution < 1.29 is 23.3 Å². The zero-order valence-corrected chi connectivity index (χ0v) is 41.5. The van der Waals surface area contributed by atoms with Crippen molar-refractivity contribution >= 4 is 40.9 Å². The van der Waals surface area contributed by atoms with Crippen LogP contribution in [0.15, 0.2) is 39.8 Å². The van der Waals surface area contributed by atoms with Crippen molar-refractivity contribution in [1.29, 1.82) is 0 Å². The van der Waals surface area contributed by atoms with Gasteiger partial charge in [-0.25, -0.2) is 8.51 Å². The summed E-state index contributed by atoms with van der Waals surface area (Å²) in [6, 6.07) is 8.25. The molecule has 2 fully saturated rings. The van der Waals surface area contributed by atoms with Gasteiger partial charge in [0.25, 0.3) is 0 Å². The smallest absolute Gasteiger partial charge is 0.194 e. The summed E-state index contributed by atoms with van der Waals surface area (Å²) in [5, 5.41) is 3.45. The van der Waals surface area contributed by atoms with E-state index in [1.54, 1.807) is 20.5 Å². The second kappa shape index (κ2) is 18.8. The van der Waals surface area contributed by atoms with E-state index in [0.717, 1.165) is 119 Å². The molecule has 0 radical (unpaired) electrons. The molecule has 1 atom stereocenters. The first-order chi connectivity index (χ1) is 28.5. The number of ketones is 2. The summed E-state index contributed by atoms with van der Waals surface area (Å²) < 4.78 is 32.4. The number of carbonyl (C=O) groups is 2. The van der Waals surface area contributed by atoms with Crippen LogP contribution in [0.5, 0.6) is 0 Å². The van der Waals surface area contributed by atoms with E-state index in [1.807, 2.05) is 27.7 Å². The molecule has 2 aliphatic heterocycles. The van der Waals surface area contributed by atoms with Gasteiger partial charge in [-0.3, -0.25) is 13.6 Å². The van der Waals surface area contributed by atoms with E-state index < -0.39 is 18.2 Å². The molecular formula is C51H71N3O5SSi. The third-order valence-corrected chi connectivity index (χ3v) is 22.2. The van der Waals surface area contributed by atoms with Crippen LogP contribution in [0.3, 0.4) is 0 Å². The number of carbonyl (C=O) groups excluding carboxylic acids is 2. The molecule has 2 aromatic rings. The first-order valence-corrected chi connectivity index (χ1v) is 26.8. The normalized spacial score (nSPS) is 20.2. The minimum absolute atomic E-state index is 0.0462. The number of nitrogens with zero attached hydrogens (tertiary/aromatic N) is 2. The van der Waals surface area contributed by atoms with Crippen molar-refractivity contribution in [3.8, 4) is 23.7 Å². The lowest BCUT2D eigenvalue weighted by Crippen LogP contribution is -2.46. The van der Waals surface area contributed by atoms with Gasteiger partial charge < -0.3 is 14.8 Å². The molecule has 2 aliphatic carbocycles. The van der Waals surface area contributed by atoms with E-state index >= 15 is 0 Å². The van der Waals surface area contributed by atoms with Gasteiger partial charge in [-0.15, -0.1) is 11.8 Å². The molecule has 1 N–H and O–H groups in total. The topological polar surface area (TPSA) is 97.3 Å². The van der Waals surface area contributed by atoms with Gasteiger partial charge >= 0.3 is 0 Å². The Morgan fingerprint density at radius 1 is 0.705 bits per heavy atom. The summed E-state index contributed by atoms with van der Waals surface area (Å²) >= 11 is 0. The van der Waals surface area contributed by atoms with Crippen LogP contribution in [0.1, 0.15) is 130 Å². The minimum Gasteiger partial charge on any atom is -0.500 e. The zero-order chi connectivity index (χ0) is 45.1. The first-order valence-electron chi connectivity index (χ1n) is 21.9. The van der Waals surface area contributed by atoms with E-state index in [2.05, 4.69) is 105 Å². The number of rotatable bonds is 6. The molecule has 8 nitrogen and oxygen atoms in total. The van der Waals surface area contributed by atoms with E-state index in [-0.39, 0.29) is 27.4 Å². The van der Waals surface area contributed by atoms with Crippen molar-refractivity contribution in [2.75, 3.05) is 46.7 Å². The second-order valence-corrected chi connectivity index (χ2v) is 27.0. The van der Waals surface area contributed by atoms with Crippen molar-refractivity contribution in [3.63, 3.8) is 0 Å². The Morgan fingerprint density at radius 2 is 1.08 bits per heavy atom. The molecule has 10 heteroatoms. The summed E-state index contributed by atoms with van der Waals surface area (Å²) in [6.45, 7) is 26.2. The number of nitrogens with one attached hydrogen (secondary N) is 1. The number of hydrogen-bond donors (Lipinski definition) is 1. The van der Waals surface area contributed by atoms with Gasteiger partial charge in [-0.05, 0) is 167 Å². The largest absolute Gasteiger partial charge is 0.500 e. The van der Waals surface area contributed by atoms with E-state index in [9.17, 15) is 13.8 Å². The Balaban J connectivity index is 0.000000246. The maximum absolute atomic E-state index is 13.7. The van der Waals surface area contributed by atoms with Crippen LogP contribution in [-0.4, -0.2) is 75.0 Å². The Morgan fingerprint density at radius 3 is 1.43 bits per heavy atom. The maximum atomic E-state index is 13.7. The molecule has 0 amide bonds. The van der Waals surface area contributed by atoms with Gasteiger partial charge in [-0.2, -0.15) is 0 Å². The summed E-state index contributed by atoms with van der Waals surface area (Å²) in [7, 11) is -1.13. The van der Waals surface area contributed by atoms with E-state index in [4.69, 9.17) is 13.5 Å². The van der Waals surface area contributed by atoms with Crippen LogP contribution >= 0.6 is 0 Å². The van der Waals surface area contributed by atoms with Crippen molar-refractivity contribution in [2.45, 2.75) is 132 Å². The summed E-state index contributed by atoms with van der Waals surface area (Å²) in [6.07, 6.45) is 8.26. The van der Waals surface area contributed by atoms with Crippen molar-refractivity contribution in [1.82, 2.24) is 9.62 Å². The number of hydrogen-bond acceptors (Lipinski definition) is 7. The minimum atomic E-state index is -2.46. The Labute approximate surface area is 369 Å². The molecule has 2 spiro atoms. The summed E-state index contributed by atoms with van der Waals surface area (Å²) in [5.41, 5.74) is 9.71. The predicted molar refractivity (Wildman–Crippen MR) is 255 cm³/mol. The van der Waals surface area contributed by atoms with Crippen LogP contribution in [0.2, 0.25) is 18.1 Å². The summed E-state index contributed by atoms with van der Waals surface area (Å²) in [4.78, 5) is 26.8. The number of allylic oxidation sites excluding steroid dienone is 4. The first kappa shape index (κ1) is 48.1. The molecule has 2 heterocycles. The number of aryl methyl sites for hydroxylation is 4. The van der Waals surface area contributed by atoms with Crippen LogP contribution in [0.4, 0.5) is 0 Å². The fourth-order valence-corrected chi connectivity index (χ4v) is 15.6. The standard InChI is InChI=1S/C29H44N2O3SSi.C22H27NO2/c1-11-12-23-17-21(2)26(22(3)18-23)27-24(32)19-29(20-25(27)34-7)13-15-31(16-14-29)35(8,33)30-36(9,10)28(4,5)6;1-5-6-17-11-15(2)20(16(3)12-17)21-18(24)13-22(14-19(21)25-4)7-9-23-10-8-22/h17-18H,13-16,19-20H2,1-10H3;11-12,23H,7-10,13-14H2,1-4H3. The lowest BCUT2D eigenvalue weighted by molar-refractivity contribution is -0.118. The molecule has 6 rings (SSSR count). The highest BCUT2D eigenvalue weighted by Gasteiger charge is 2.46. The molecule has 2 saturated heterocycles. The van der Waals surface area contributed by atoms with E-state index in [0.29, 0.717) is 25.9 Å². The van der Waals surface area contributed by atoms with Crippen LogP contribution in [0.25, 0.3) is 11.1 Å². The van der Waals surface area contributed by atoms with Crippen molar-refractivity contribution in [3.05, 3.63) is 80.3 Å². The number of benzene rings is 2. The Hall–Kier alpha value is -3.93. The average molecular weight is 866 g/mol. The molecule has 330 valence electrons. The predicted octanol–water partition coefficient (Wildman–Crippen LogP) is 10.3. The molecule has 0 aromatic heterocycles. The zero-order valence-electron chi connectivity index (χ0n) is 39.6. The molecule has 4 aliphatic rings. The average Bonchev–Trinajstić information content (AvgIpc) is 3.16. The van der Waals surface area contributed by atoms with E-state index in [1.165, 1.54) is 0 Å². The van der Waals surface area contributed by atoms with Crippen LogP contribution in [0, 0.1) is 62.2 Å². The number of ether oxygens (including phenoxy) is 2. The van der Waals surface area contributed by atoms with Gasteiger partial charge in [0.05, 0.1) is 35.3 Å². The van der Waals surface area contributed by atoms with Crippen LogP contribution in [-0.2, 0) is 29.0 Å². The van der Waals surface area contributed by atoms with Gasteiger partial charge in [0, 0.05) is 56.2 Å². The molecule has 0 bridgehead atoms. The lowest BCUT2D eigenvalue weighted by Gasteiger charge is -2.45. The fourth-order valence-electron chi connectivity index (χ4n) is 9.79. The molecular weight excluding hydrogens is 795 g/mol. The van der Waals surface area contributed by atoms with Crippen molar-refractivity contribution in [2.24, 2.45) is 14.9 Å². The molecule has 2 aromatic carbocycles. The molecule has 1 unspecified atom stereocenters. The second-order valence-electron chi connectivity index (χ2n) is 19.6. The number of piperidine rings is 2. The molecule has 61 heavy (non-hydrogen) atoms. The quantitative estimate of drug-likeness (QED) is 0.230. The van der Waals surface area contributed by atoms with Gasteiger partial charge in [-0.1, -0.05) is 32.6 Å². The number of Topliss-reactive ketones (excluding diaryl/α,β-unsaturated/α-hetero) is 2. The highest BCUT2D eigenvalue weighted by atomic mass is 32.2. The SMILES string of the molecule is CC#Cc1cc(C)c(C2=C(OC)CC3(CCN(S(C)(=O)=N[Si](C)(C)C(C)(C)C)CC3)CC2=O)c(C)c1.CC#Cc1cc(C)c(C2=C(OC)CC3(CCNCC3)CC2=O)c(C)c1. The van der Waals surface area contributed by atoms with Gasteiger partial charge in [0.15, 0.2) is 19.8 Å². The van der Waals surface area contributed by atoms with Crippen LogP contribution < -0.4 is 5.32 Å². The lowest BCUT2D eigenvalue weighted by atomic mass is 9.66. The maximum Gasteiger partial charge on any atom is 0.194 e. The monoisotopic (exact) mass is 865 g/mol. The van der Waals surface area contributed by atoms with Gasteiger partial charge in [0.2, 0.25) is 0 Å². The Bertz CT molecular complexity index is 2330. The summed E-state index contributed by atoms with van der Waals surface area (Å²) in [5.74, 6) is 14.2. The third-order valence-electron chi connectivity index (χ3n) is 14.0.